The Bertz CT molecular complexity index is 362. The van der Waals surface area contributed by atoms with E-state index >= 15 is 0 Å². The van der Waals surface area contributed by atoms with Crippen LogP contribution in [-0.2, 0) is 11.3 Å². The second-order valence-electron chi connectivity index (χ2n) is 4.58. The summed E-state index contributed by atoms with van der Waals surface area (Å²) in [6.07, 6.45) is 4.16. The summed E-state index contributed by atoms with van der Waals surface area (Å²) in [6, 6.07) is 0. The Balaban J connectivity index is 2.00. The molecule has 1 N–H and O–H groups in total. The van der Waals surface area contributed by atoms with E-state index in [9.17, 15) is 0 Å². The van der Waals surface area contributed by atoms with Gasteiger partial charge in [-0.2, -0.15) is 0 Å². The molecule has 0 radical (unpaired) electrons. The number of hydrogen-bond donors (Lipinski definition) is 1. The van der Waals surface area contributed by atoms with E-state index in [0.29, 0.717) is 5.92 Å². The number of aromatic nitrogens is 2. The Morgan fingerprint density at radius 1 is 1.53 bits per heavy atom. The highest BCUT2D eigenvalue weighted by molar-refractivity contribution is 5.17. The van der Waals surface area contributed by atoms with Crippen LogP contribution in [0.5, 0.6) is 0 Å². The van der Waals surface area contributed by atoms with Gasteiger partial charge in [0.05, 0.1) is 6.61 Å². The third kappa shape index (κ3) is 3.23. The molecule has 1 unspecified atom stereocenters. The molecule has 4 nitrogen and oxygen atoms in total. The summed E-state index contributed by atoms with van der Waals surface area (Å²) in [5.41, 5.74) is 2.28. The molecule has 0 spiro atoms. The molecule has 4 heteroatoms. The Hall–Kier alpha value is -1.00. The van der Waals surface area contributed by atoms with Gasteiger partial charge in [0.15, 0.2) is 0 Å². The Morgan fingerprint density at radius 2 is 2.41 bits per heavy atom. The monoisotopic (exact) mass is 235 g/mol. The minimum Gasteiger partial charge on any atom is -0.381 e. The third-order valence-corrected chi connectivity index (χ3v) is 3.14. The van der Waals surface area contributed by atoms with E-state index in [-0.39, 0.29) is 0 Å². The highest BCUT2D eigenvalue weighted by Gasteiger charge is 2.20. The predicted molar refractivity (Wildman–Crippen MR) is 66.9 cm³/mol. The molecule has 0 bridgehead atoms. The Kier molecular flexibility index (Phi) is 4.45. The van der Waals surface area contributed by atoms with Gasteiger partial charge in [0, 0.05) is 36.5 Å². The second kappa shape index (κ2) is 6.07. The molecule has 94 valence electrons. The largest absolute Gasteiger partial charge is 0.381 e. The quantitative estimate of drug-likeness (QED) is 0.790. The summed E-state index contributed by atoms with van der Waals surface area (Å²) in [6.45, 7) is 7.74. The van der Waals surface area contributed by atoms with E-state index in [1.165, 1.54) is 5.56 Å². The van der Waals surface area contributed by atoms with Crippen LogP contribution in [-0.4, -0.2) is 29.7 Å². The zero-order valence-electron chi connectivity index (χ0n) is 10.7. The van der Waals surface area contributed by atoms with E-state index in [0.717, 1.165) is 50.7 Å². The molecule has 2 heterocycles. The lowest BCUT2D eigenvalue weighted by atomic mass is 10.1. The van der Waals surface area contributed by atoms with Crippen LogP contribution in [0.4, 0.5) is 0 Å². The van der Waals surface area contributed by atoms with Crippen LogP contribution in [0.2, 0.25) is 0 Å². The zero-order valence-corrected chi connectivity index (χ0v) is 10.7. The molecule has 17 heavy (non-hydrogen) atoms. The van der Waals surface area contributed by atoms with Gasteiger partial charge in [-0.05, 0) is 26.3 Å². The van der Waals surface area contributed by atoms with Crippen molar-refractivity contribution in [3.8, 4) is 0 Å². The molecule has 0 aliphatic carbocycles. The summed E-state index contributed by atoms with van der Waals surface area (Å²) >= 11 is 0. The number of hydrogen-bond acceptors (Lipinski definition) is 4. The van der Waals surface area contributed by atoms with Crippen LogP contribution in [0, 0.1) is 6.92 Å². The fraction of sp³-hybridized carbons (Fsp3) is 0.692. The van der Waals surface area contributed by atoms with Crippen molar-refractivity contribution in [3.63, 3.8) is 0 Å². The lowest BCUT2D eigenvalue weighted by Gasteiger charge is -2.10. The summed E-state index contributed by atoms with van der Waals surface area (Å²) in [5.74, 6) is 1.34. The molecule has 0 saturated carbocycles. The van der Waals surface area contributed by atoms with Crippen LogP contribution in [0.25, 0.3) is 0 Å². The van der Waals surface area contributed by atoms with E-state index in [1.54, 1.807) is 0 Å². The lowest BCUT2D eigenvalue weighted by molar-refractivity contribution is 0.193. The Morgan fingerprint density at radius 3 is 3.06 bits per heavy atom. The van der Waals surface area contributed by atoms with Crippen molar-refractivity contribution in [1.29, 1.82) is 0 Å². The van der Waals surface area contributed by atoms with Gasteiger partial charge in [0.1, 0.15) is 5.82 Å². The smallest absolute Gasteiger partial charge is 0.134 e. The molecule has 1 aromatic rings. The van der Waals surface area contributed by atoms with Gasteiger partial charge >= 0.3 is 0 Å². The van der Waals surface area contributed by atoms with Gasteiger partial charge in [-0.3, -0.25) is 0 Å². The van der Waals surface area contributed by atoms with Gasteiger partial charge in [-0.15, -0.1) is 0 Å². The molecule has 0 amide bonds. The minimum absolute atomic E-state index is 0.395. The first-order valence-electron chi connectivity index (χ1n) is 6.42. The van der Waals surface area contributed by atoms with Gasteiger partial charge in [0.2, 0.25) is 0 Å². The zero-order chi connectivity index (χ0) is 12.1. The fourth-order valence-electron chi connectivity index (χ4n) is 2.02. The first kappa shape index (κ1) is 12.5. The number of nitrogens with one attached hydrogen (secondary N) is 1. The average molecular weight is 235 g/mol. The van der Waals surface area contributed by atoms with E-state index in [2.05, 4.69) is 29.1 Å². The fourth-order valence-corrected chi connectivity index (χ4v) is 2.02. The molecule has 1 aliphatic rings. The van der Waals surface area contributed by atoms with Gasteiger partial charge in [-0.25, -0.2) is 9.97 Å². The van der Waals surface area contributed by atoms with Crippen molar-refractivity contribution in [2.75, 3.05) is 19.8 Å². The lowest BCUT2D eigenvalue weighted by Crippen LogP contribution is -2.16. The SMILES string of the molecule is CCCNCc1cnc(C2CCOC2)nc1C. The molecule has 1 saturated heterocycles. The topological polar surface area (TPSA) is 47.0 Å². The molecule has 2 rings (SSSR count). The van der Waals surface area contributed by atoms with Gasteiger partial charge in [-0.1, -0.05) is 6.92 Å². The van der Waals surface area contributed by atoms with Crippen LogP contribution >= 0.6 is 0 Å². The summed E-state index contributed by atoms with van der Waals surface area (Å²) in [7, 11) is 0. The highest BCUT2D eigenvalue weighted by Crippen LogP contribution is 2.22. The molecule has 1 fully saturated rings. The number of ether oxygens (including phenoxy) is 1. The first-order chi connectivity index (χ1) is 8.31. The minimum atomic E-state index is 0.395. The maximum Gasteiger partial charge on any atom is 0.134 e. The molecular weight excluding hydrogens is 214 g/mol. The van der Waals surface area contributed by atoms with Gasteiger partial charge in [0.25, 0.3) is 0 Å². The van der Waals surface area contributed by atoms with Gasteiger partial charge < -0.3 is 10.1 Å². The van der Waals surface area contributed by atoms with E-state index < -0.39 is 0 Å². The molecule has 1 atom stereocenters. The van der Waals surface area contributed by atoms with Crippen LogP contribution in [0.1, 0.15) is 42.8 Å². The molecule has 1 aliphatic heterocycles. The normalized spacial score (nSPS) is 19.8. The second-order valence-corrected chi connectivity index (χ2v) is 4.58. The maximum absolute atomic E-state index is 5.37. The van der Waals surface area contributed by atoms with Crippen LogP contribution in [0.3, 0.4) is 0 Å². The van der Waals surface area contributed by atoms with Crippen molar-refractivity contribution >= 4 is 0 Å². The third-order valence-electron chi connectivity index (χ3n) is 3.14. The van der Waals surface area contributed by atoms with Crippen LogP contribution in [0.15, 0.2) is 6.20 Å². The number of nitrogens with zero attached hydrogens (tertiary/aromatic N) is 2. The van der Waals surface area contributed by atoms with Crippen molar-refractivity contribution in [2.24, 2.45) is 0 Å². The summed E-state index contributed by atoms with van der Waals surface area (Å²) in [4.78, 5) is 9.07. The predicted octanol–water partition coefficient (Wildman–Crippen LogP) is 1.79. The average Bonchev–Trinajstić information content (AvgIpc) is 2.85. The first-order valence-corrected chi connectivity index (χ1v) is 6.42. The number of rotatable bonds is 5. The summed E-state index contributed by atoms with van der Waals surface area (Å²) in [5, 5.41) is 3.38. The molecule has 1 aromatic heterocycles. The highest BCUT2D eigenvalue weighted by atomic mass is 16.5. The summed E-state index contributed by atoms with van der Waals surface area (Å²) < 4.78 is 5.37. The van der Waals surface area contributed by atoms with Crippen molar-refractivity contribution in [3.05, 3.63) is 23.3 Å². The molecular formula is C13H21N3O. The van der Waals surface area contributed by atoms with E-state index in [4.69, 9.17) is 4.74 Å². The van der Waals surface area contributed by atoms with Crippen molar-refractivity contribution in [2.45, 2.75) is 39.2 Å². The van der Waals surface area contributed by atoms with Crippen molar-refractivity contribution < 1.29 is 4.74 Å². The molecule has 0 aromatic carbocycles. The number of aryl methyl sites for hydroxylation is 1. The standard InChI is InChI=1S/C13H21N3O/c1-3-5-14-7-12-8-15-13(16-10(12)2)11-4-6-17-9-11/h8,11,14H,3-7,9H2,1-2H3. The maximum atomic E-state index is 5.37. The van der Waals surface area contributed by atoms with Crippen LogP contribution < -0.4 is 5.32 Å². The van der Waals surface area contributed by atoms with E-state index in [1.807, 2.05) is 6.20 Å². The van der Waals surface area contributed by atoms with Crippen molar-refractivity contribution in [1.82, 2.24) is 15.3 Å². The Labute approximate surface area is 103 Å².